The zero-order valence-electron chi connectivity index (χ0n) is 10.0. The lowest BCUT2D eigenvalue weighted by Crippen LogP contribution is -2.29. The van der Waals surface area contributed by atoms with Crippen LogP contribution in [0.2, 0.25) is 0 Å². The fourth-order valence-corrected chi connectivity index (χ4v) is 1.62. The number of nitrogens with zero attached hydrogens (tertiary/aromatic N) is 5. The summed E-state index contributed by atoms with van der Waals surface area (Å²) in [6, 6.07) is 7.52. The van der Waals surface area contributed by atoms with E-state index >= 15 is 0 Å². The van der Waals surface area contributed by atoms with Crippen LogP contribution in [0, 0.1) is 0 Å². The zero-order chi connectivity index (χ0) is 13.1. The van der Waals surface area contributed by atoms with Crippen molar-refractivity contribution in [1.82, 2.24) is 25.1 Å². The Kier molecular flexibility index (Phi) is 3.71. The van der Waals surface area contributed by atoms with Crippen LogP contribution in [0.3, 0.4) is 0 Å². The van der Waals surface area contributed by atoms with Gasteiger partial charge in [-0.15, -0.1) is 10.2 Å². The van der Waals surface area contributed by atoms with Gasteiger partial charge in [-0.1, -0.05) is 32.9 Å². The minimum atomic E-state index is -0.315. The molecule has 0 aliphatic carbocycles. The fourth-order valence-electron chi connectivity index (χ4n) is 1.36. The number of carbonyl (C=O) groups excluding carboxylic acids is 1. The molecule has 0 fully saturated rings. The number of aromatic nitrogens is 4. The summed E-state index contributed by atoms with van der Waals surface area (Å²) in [6.07, 6.45) is 0.550. The Morgan fingerprint density at radius 3 is 2.61 bits per heavy atom. The Morgan fingerprint density at radius 2 is 2.00 bits per heavy atom. The number of rotatable bonds is 2. The van der Waals surface area contributed by atoms with Crippen molar-refractivity contribution >= 4 is 22.0 Å². The van der Waals surface area contributed by atoms with Crippen LogP contribution in [-0.2, 0) is 6.42 Å². The van der Waals surface area contributed by atoms with E-state index in [0.29, 0.717) is 12.2 Å². The number of amides is 1. The van der Waals surface area contributed by atoms with Crippen LogP contribution in [0.1, 0.15) is 11.4 Å². The molecule has 0 atom stereocenters. The summed E-state index contributed by atoms with van der Waals surface area (Å²) in [5.41, 5.74) is 1.06. The van der Waals surface area contributed by atoms with Crippen molar-refractivity contribution in [3.63, 3.8) is 0 Å². The zero-order valence-corrected chi connectivity index (χ0v) is 11.6. The first-order chi connectivity index (χ1) is 8.56. The average Bonchev–Trinajstić information content (AvgIpc) is 2.79. The Bertz CT molecular complexity index is 549. The molecule has 2 rings (SSSR count). The van der Waals surface area contributed by atoms with Gasteiger partial charge in [-0.3, -0.25) is 0 Å². The molecule has 0 N–H and O–H groups in total. The molecule has 0 radical (unpaired) electrons. The van der Waals surface area contributed by atoms with Gasteiger partial charge in [0.2, 0.25) is 0 Å². The van der Waals surface area contributed by atoms with E-state index in [4.69, 9.17) is 0 Å². The van der Waals surface area contributed by atoms with Gasteiger partial charge >= 0.3 is 6.03 Å². The molecule has 0 saturated carbocycles. The summed E-state index contributed by atoms with van der Waals surface area (Å²) in [5, 5.41) is 11.6. The summed E-state index contributed by atoms with van der Waals surface area (Å²) >= 11 is 3.37. The molecule has 1 aromatic heterocycles. The molecule has 2 aromatic rings. The minimum Gasteiger partial charge on any atom is -0.328 e. The van der Waals surface area contributed by atoms with Gasteiger partial charge in [0.25, 0.3) is 0 Å². The molecule has 1 amide bonds. The molecule has 6 nitrogen and oxygen atoms in total. The third-order valence-electron chi connectivity index (χ3n) is 2.28. The van der Waals surface area contributed by atoms with E-state index in [2.05, 4.69) is 31.3 Å². The van der Waals surface area contributed by atoms with Crippen molar-refractivity contribution < 1.29 is 4.79 Å². The van der Waals surface area contributed by atoms with Crippen molar-refractivity contribution in [2.24, 2.45) is 0 Å². The van der Waals surface area contributed by atoms with E-state index in [1.807, 2.05) is 24.3 Å². The number of hydrogen-bond donors (Lipinski definition) is 0. The number of benzene rings is 1. The number of tetrazole rings is 1. The third kappa shape index (κ3) is 2.92. The predicted octanol–water partition coefficient (Wildman–Crippen LogP) is 1.56. The van der Waals surface area contributed by atoms with E-state index < -0.39 is 0 Å². The highest BCUT2D eigenvalue weighted by atomic mass is 79.9. The molecule has 94 valence electrons. The molecule has 1 heterocycles. The fraction of sp³-hybridized carbons (Fsp3) is 0.273. The number of hydrogen-bond acceptors (Lipinski definition) is 4. The highest BCUT2D eigenvalue weighted by Gasteiger charge is 2.12. The first-order valence-electron chi connectivity index (χ1n) is 5.31. The van der Waals surface area contributed by atoms with Gasteiger partial charge in [-0.25, -0.2) is 4.79 Å². The van der Waals surface area contributed by atoms with Crippen LogP contribution in [0.25, 0.3) is 0 Å². The first-order valence-corrected chi connectivity index (χ1v) is 6.10. The molecule has 1 aromatic carbocycles. The van der Waals surface area contributed by atoms with Crippen molar-refractivity contribution in [1.29, 1.82) is 0 Å². The summed E-state index contributed by atoms with van der Waals surface area (Å²) in [7, 11) is 3.28. The van der Waals surface area contributed by atoms with Crippen LogP contribution in [0.15, 0.2) is 28.7 Å². The molecule has 0 aliphatic heterocycles. The molecular weight excluding hydrogens is 298 g/mol. The SMILES string of the molecule is CN(C)C(=O)n1nnc(Cc2ccc(Br)cc2)n1. The maximum atomic E-state index is 11.6. The van der Waals surface area contributed by atoms with Crippen LogP contribution in [-0.4, -0.2) is 45.2 Å². The summed E-state index contributed by atoms with van der Waals surface area (Å²) in [6.45, 7) is 0. The maximum absolute atomic E-state index is 11.6. The van der Waals surface area contributed by atoms with Crippen LogP contribution in [0.4, 0.5) is 4.79 Å². The van der Waals surface area contributed by atoms with E-state index in [0.717, 1.165) is 14.8 Å². The minimum absolute atomic E-state index is 0.315. The van der Waals surface area contributed by atoms with Gasteiger partial charge in [-0.2, -0.15) is 0 Å². The lowest BCUT2D eigenvalue weighted by atomic mass is 10.1. The highest BCUT2D eigenvalue weighted by molar-refractivity contribution is 9.10. The lowest BCUT2D eigenvalue weighted by Gasteiger charge is -2.06. The molecule has 0 aliphatic rings. The highest BCUT2D eigenvalue weighted by Crippen LogP contribution is 2.12. The predicted molar refractivity (Wildman–Crippen MR) is 69.2 cm³/mol. The van der Waals surface area contributed by atoms with E-state index in [-0.39, 0.29) is 6.03 Å². The van der Waals surface area contributed by atoms with E-state index in [9.17, 15) is 4.79 Å². The van der Waals surface area contributed by atoms with Gasteiger partial charge in [0.1, 0.15) is 0 Å². The third-order valence-corrected chi connectivity index (χ3v) is 2.81. The van der Waals surface area contributed by atoms with Crippen molar-refractivity contribution in [3.05, 3.63) is 40.1 Å². The van der Waals surface area contributed by atoms with Gasteiger partial charge in [0.05, 0.1) is 0 Å². The largest absolute Gasteiger partial charge is 0.362 e. The Balaban J connectivity index is 2.11. The van der Waals surface area contributed by atoms with Crippen LogP contribution in [0.5, 0.6) is 0 Å². The second-order valence-electron chi connectivity index (χ2n) is 3.98. The second-order valence-corrected chi connectivity index (χ2v) is 4.89. The van der Waals surface area contributed by atoms with Crippen molar-refractivity contribution in [3.8, 4) is 0 Å². The Hall–Kier alpha value is -1.76. The molecule has 18 heavy (non-hydrogen) atoms. The first kappa shape index (κ1) is 12.7. The quantitative estimate of drug-likeness (QED) is 0.844. The summed E-state index contributed by atoms with van der Waals surface area (Å²) in [5.74, 6) is 0.521. The smallest absolute Gasteiger partial charge is 0.328 e. The number of halogens is 1. The molecule has 0 unspecified atom stereocenters. The summed E-state index contributed by atoms with van der Waals surface area (Å²) < 4.78 is 1.02. The Morgan fingerprint density at radius 1 is 1.33 bits per heavy atom. The number of carbonyl (C=O) groups is 1. The van der Waals surface area contributed by atoms with Crippen LogP contribution < -0.4 is 0 Å². The summed E-state index contributed by atoms with van der Waals surface area (Å²) in [4.78, 5) is 14.0. The molecule has 0 bridgehead atoms. The van der Waals surface area contributed by atoms with Crippen molar-refractivity contribution in [2.75, 3.05) is 14.1 Å². The van der Waals surface area contributed by atoms with E-state index in [1.54, 1.807) is 14.1 Å². The molecule has 7 heteroatoms. The molecule has 0 saturated heterocycles. The standard InChI is InChI=1S/C11H12BrN5O/c1-16(2)11(18)17-14-10(13-15-17)7-8-3-5-9(12)6-4-8/h3-6H,7H2,1-2H3. The normalized spacial score (nSPS) is 10.4. The average molecular weight is 310 g/mol. The maximum Gasteiger partial charge on any atom is 0.362 e. The van der Waals surface area contributed by atoms with E-state index in [1.165, 1.54) is 4.90 Å². The monoisotopic (exact) mass is 309 g/mol. The van der Waals surface area contributed by atoms with Gasteiger partial charge in [-0.05, 0) is 22.9 Å². The Labute approximate surface area is 113 Å². The van der Waals surface area contributed by atoms with Crippen LogP contribution >= 0.6 is 15.9 Å². The molecule has 0 spiro atoms. The van der Waals surface area contributed by atoms with Gasteiger partial charge in [0, 0.05) is 25.0 Å². The van der Waals surface area contributed by atoms with Gasteiger partial charge < -0.3 is 4.90 Å². The van der Waals surface area contributed by atoms with Crippen molar-refractivity contribution in [2.45, 2.75) is 6.42 Å². The topological polar surface area (TPSA) is 63.9 Å². The second kappa shape index (κ2) is 5.26. The van der Waals surface area contributed by atoms with Gasteiger partial charge in [0.15, 0.2) is 5.82 Å². The molecular formula is C11H12BrN5O. The lowest BCUT2D eigenvalue weighted by molar-refractivity contribution is 0.211.